The van der Waals surface area contributed by atoms with Gasteiger partial charge in [0.05, 0.1) is 4.92 Å². The van der Waals surface area contributed by atoms with Crippen LogP contribution in [0, 0.1) is 15.9 Å². The van der Waals surface area contributed by atoms with Gasteiger partial charge < -0.3 is 10.2 Å². The van der Waals surface area contributed by atoms with Gasteiger partial charge in [0.25, 0.3) is 5.91 Å². The molecule has 1 rings (SSSR count). The van der Waals surface area contributed by atoms with E-state index in [1.807, 2.05) is 0 Å². The maximum atomic E-state index is 13.2. The molecule has 1 N–H and O–H groups in total. The summed E-state index contributed by atoms with van der Waals surface area (Å²) in [6.07, 6.45) is 0.788. The van der Waals surface area contributed by atoms with Crippen LogP contribution >= 0.6 is 0 Å². The Bertz CT molecular complexity index is 504. The van der Waals surface area contributed by atoms with E-state index in [4.69, 9.17) is 0 Å². The fraction of sp³-hybridized carbons (Fsp3) is 0.500. The molecule has 6 nitrogen and oxygen atoms in total. The molecule has 7 heteroatoms. The zero-order valence-electron chi connectivity index (χ0n) is 12.3. The fourth-order valence-electron chi connectivity index (χ4n) is 1.94. The van der Waals surface area contributed by atoms with Crippen molar-refractivity contribution in [2.45, 2.75) is 20.3 Å². The molecule has 0 saturated carbocycles. The van der Waals surface area contributed by atoms with E-state index >= 15 is 0 Å². The van der Waals surface area contributed by atoms with Gasteiger partial charge in [-0.2, -0.15) is 4.39 Å². The van der Waals surface area contributed by atoms with Gasteiger partial charge in [0, 0.05) is 18.2 Å². The molecule has 1 amide bonds. The molecule has 0 aromatic heterocycles. The highest BCUT2D eigenvalue weighted by molar-refractivity contribution is 5.94. The summed E-state index contributed by atoms with van der Waals surface area (Å²) >= 11 is 0. The standard InChI is InChI=1S/C14H20FN3O3/c1-3-17(4-2)9-5-8-16-14(19)11-6-7-12(15)13(10-11)18(20)21/h6-7,10H,3-5,8-9H2,1-2H3,(H,16,19). The maximum Gasteiger partial charge on any atom is 0.305 e. The summed E-state index contributed by atoms with van der Waals surface area (Å²) in [6.45, 7) is 7.39. The van der Waals surface area contributed by atoms with Crippen molar-refractivity contribution in [3.63, 3.8) is 0 Å². The second-order valence-corrected chi connectivity index (χ2v) is 4.56. The zero-order chi connectivity index (χ0) is 15.8. The SMILES string of the molecule is CCN(CC)CCCNC(=O)c1ccc(F)c([N+](=O)[O-])c1. The van der Waals surface area contributed by atoms with Gasteiger partial charge in [0.2, 0.25) is 5.82 Å². The number of carbonyl (C=O) groups is 1. The van der Waals surface area contributed by atoms with Crippen molar-refractivity contribution in [3.05, 3.63) is 39.7 Å². The molecular formula is C14H20FN3O3. The largest absolute Gasteiger partial charge is 0.352 e. The number of nitrogens with one attached hydrogen (secondary N) is 1. The molecule has 0 aliphatic heterocycles. The summed E-state index contributed by atoms with van der Waals surface area (Å²) in [5.41, 5.74) is -0.600. The lowest BCUT2D eigenvalue weighted by atomic mass is 10.2. The van der Waals surface area contributed by atoms with Crippen LogP contribution in [-0.2, 0) is 0 Å². The first-order valence-corrected chi connectivity index (χ1v) is 6.94. The van der Waals surface area contributed by atoms with Crippen molar-refractivity contribution in [3.8, 4) is 0 Å². The van der Waals surface area contributed by atoms with E-state index < -0.39 is 22.3 Å². The summed E-state index contributed by atoms with van der Waals surface area (Å²) in [5, 5.41) is 13.3. The predicted molar refractivity (Wildman–Crippen MR) is 77.8 cm³/mol. The van der Waals surface area contributed by atoms with Crippen molar-refractivity contribution in [1.82, 2.24) is 10.2 Å². The second kappa shape index (κ2) is 8.31. The van der Waals surface area contributed by atoms with Gasteiger partial charge in [0.1, 0.15) is 0 Å². The van der Waals surface area contributed by atoms with Crippen LogP contribution in [0.2, 0.25) is 0 Å². The van der Waals surface area contributed by atoms with Crippen molar-refractivity contribution in [2.24, 2.45) is 0 Å². The van der Waals surface area contributed by atoms with Crippen LogP contribution in [-0.4, -0.2) is 41.9 Å². The molecular weight excluding hydrogens is 277 g/mol. The summed E-state index contributed by atoms with van der Waals surface area (Å²) < 4.78 is 13.2. The van der Waals surface area contributed by atoms with Gasteiger partial charge in [0.15, 0.2) is 0 Å². The lowest BCUT2D eigenvalue weighted by molar-refractivity contribution is -0.387. The van der Waals surface area contributed by atoms with Gasteiger partial charge in [-0.1, -0.05) is 13.8 Å². The smallest absolute Gasteiger partial charge is 0.305 e. The van der Waals surface area contributed by atoms with Crippen LogP contribution in [0.1, 0.15) is 30.6 Å². The molecule has 0 aliphatic carbocycles. The molecule has 0 atom stereocenters. The molecule has 21 heavy (non-hydrogen) atoms. The average Bonchev–Trinajstić information content (AvgIpc) is 2.47. The topological polar surface area (TPSA) is 75.5 Å². The lowest BCUT2D eigenvalue weighted by Crippen LogP contribution is -2.29. The average molecular weight is 297 g/mol. The summed E-state index contributed by atoms with van der Waals surface area (Å²) in [7, 11) is 0. The maximum absolute atomic E-state index is 13.2. The Morgan fingerprint density at radius 2 is 2.05 bits per heavy atom. The molecule has 116 valence electrons. The highest BCUT2D eigenvalue weighted by Gasteiger charge is 2.17. The van der Waals surface area contributed by atoms with E-state index in [0.717, 1.165) is 38.2 Å². The zero-order valence-corrected chi connectivity index (χ0v) is 12.3. The Hall–Kier alpha value is -2.02. The monoisotopic (exact) mass is 297 g/mol. The molecule has 0 radical (unpaired) electrons. The van der Waals surface area contributed by atoms with E-state index in [0.29, 0.717) is 6.54 Å². The quantitative estimate of drug-likeness (QED) is 0.453. The van der Waals surface area contributed by atoms with Gasteiger partial charge >= 0.3 is 5.69 Å². The van der Waals surface area contributed by atoms with Crippen LogP contribution in [0.4, 0.5) is 10.1 Å². The minimum Gasteiger partial charge on any atom is -0.352 e. The molecule has 1 aromatic rings. The van der Waals surface area contributed by atoms with E-state index in [-0.39, 0.29) is 5.56 Å². The number of nitro groups is 1. The molecule has 0 unspecified atom stereocenters. The fourth-order valence-corrected chi connectivity index (χ4v) is 1.94. The molecule has 0 heterocycles. The van der Waals surface area contributed by atoms with Crippen molar-refractivity contribution in [2.75, 3.05) is 26.2 Å². The van der Waals surface area contributed by atoms with Crippen molar-refractivity contribution in [1.29, 1.82) is 0 Å². The first-order valence-electron chi connectivity index (χ1n) is 6.94. The first-order chi connectivity index (χ1) is 9.99. The summed E-state index contributed by atoms with van der Waals surface area (Å²) in [4.78, 5) is 23.9. The normalized spacial score (nSPS) is 10.7. The Balaban J connectivity index is 2.53. The van der Waals surface area contributed by atoms with Crippen LogP contribution < -0.4 is 5.32 Å². The Labute approximate surface area is 123 Å². The van der Waals surface area contributed by atoms with E-state index in [2.05, 4.69) is 24.1 Å². The molecule has 0 aliphatic rings. The van der Waals surface area contributed by atoms with Gasteiger partial charge in [-0.3, -0.25) is 14.9 Å². The molecule has 0 bridgehead atoms. The number of hydrogen-bond acceptors (Lipinski definition) is 4. The van der Waals surface area contributed by atoms with Gasteiger partial charge in [-0.15, -0.1) is 0 Å². The van der Waals surface area contributed by atoms with E-state index in [1.54, 1.807) is 0 Å². The third-order valence-corrected chi connectivity index (χ3v) is 3.24. The number of nitrogens with zero attached hydrogens (tertiary/aromatic N) is 2. The molecule has 0 saturated heterocycles. The van der Waals surface area contributed by atoms with E-state index in [1.165, 1.54) is 6.07 Å². The number of halogens is 1. The van der Waals surface area contributed by atoms with Crippen LogP contribution in [0.25, 0.3) is 0 Å². The molecule has 0 fully saturated rings. The Morgan fingerprint density at radius 1 is 1.38 bits per heavy atom. The van der Waals surface area contributed by atoms with Crippen molar-refractivity contribution < 1.29 is 14.1 Å². The lowest BCUT2D eigenvalue weighted by Gasteiger charge is -2.17. The summed E-state index contributed by atoms with van der Waals surface area (Å²) in [5.74, 6) is -1.38. The number of amides is 1. The highest BCUT2D eigenvalue weighted by atomic mass is 19.1. The highest BCUT2D eigenvalue weighted by Crippen LogP contribution is 2.18. The molecule has 0 spiro atoms. The second-order valence-electron chi connectivity index (χ2n) is 4.56. The van der Waals surface area contributed by atoms with Crippen LogP contribution in [0.3, 0.4) is 0 Å². The number of nitro benzene ring substituents is 1. The minimum absolute atomic E-state index is 0.0888. The van der Waals surface area contributed by atoms with Crippen LogP contribution in [0.5, 0.6) is 0 Å². The van der Waals surface area contributed by atoms with Crippen molar-refractivity contribution >= 4 is 11.6 Å². The third-order valence-electron chi connectivity index (χ3n) is 3.24. The van der Waals surface area contributed by atoms with Gasteiger partial charge in [-0.05, 0) is 38.2 Å². The number of hydrogen-bond donors (Lipinski definition) is 1. The molecule has 1 aromatic carbocycles. The number of benzene rings is 1. The van der Waals surface area contributed by atoms with E-state index in [9.17, 15) is 19.3 Å². The Kier molecular flexibility index (Phi) is 6.74. The first kappa shape index (κ1) is 17.0. The minimum atomic E-state index is -0.946. The number of carbonyl (C=O) groups excluding carboxylic acids is 1. The Morgan fingerprint density at radius 3 is 2.62 bits per heavy atom. The predicted octanol–water partition coefficient (Wildman–Crippen LogP) is 2.20. The van der Waals surface area contributed by atoms with Gasteiger partial charge in [-0.25, -0.2) is 0 Å². The number of rotatable bonds is 8. The summed E-state index contributed by atoms with van der Waals surface area (Å²) in [6, 6.07) is 3.13. The third kappa shape index (κ3) is 5.11. The van der Waals surface area contributed by atoms with Crippen LogP contribution in [0.15, 0.2) is 18.2 Å².